The molecule has 2 atom stereocenters. The molecular formula is C18H32N2O2. The lowest BCUT2D eigenvalue weighted by atomic mass is 9.99. The van der Waals surface area contributed by atoms with E-state index in [1.54, 1.807) is 0 Å². The number of hydrogen-bond donors (Lipinski definition) is 2. The fraction of sp³-hybridized carbons (Fsp3) is 0.944. The lowest BCUT2D eigenvalue weighted by molar-refractivity contribution is 0.0517. The average Bonchev–Trinajstić information content (AvgIpc) is 3.31. The van der Waals surface area contributed by atoms with Gasteiger partial charge in [-0.25, -0.2) is 4.79 Å². The largest absolute Gasteiger partial charge is 0.444 e. The smallest absolute Gasteiger partial charge is 0.407 e. The maximum Gasteiger partial charge on any atom is 0.407 e. The number of ether oxygens (including phenoxy) is 1. The molecule has 0 heterocycles. The highest BCUT2D eigenvalue weighted by Gasteiger charge is 2.43. The van der Waals surface area contributed by atoms with Crippen molar-refractivity contribution in [3.63, 3.8) is 0 Å². The average molecular weight is 308 g/mol. The summed E-state index contributed by atoms with van der Waals surface area (Å²) < 4.78 is 5.34. The molecule has 2 unspecified atom stereocenters. The molecule has 1 amide bonds. The molecule has 0 aliphatic heterocycles. The van der Waals surface area contributed by atoms with Crippen LogP contribution < -0.4 is 10.6 Å². The highest BCUT2D eigenvalue weighted by Crippen LogP contribution is 2.45. The Morgan fingerprint density at radius 1 is 1.09 bits per heavy atom. The van der Waals surface area contributed by atoms with Gasteiger partial charge in [-0.05, 0) is 77.0 Å². The predicted molar refractivity (Wildman–Crippen MR) is 87.7 cm³/mol. The van der Waals surface area contributed by atoms with E-state index in [2.05, 4.69) is 10.6 Å². The SMILES string of the molecule is CC(C)(C)OC(=O)NCC1CCCC1NC(C1CC1)C1CC1. The summed E-state index contributed by atoms with van der Waals surface area (Å²) in [4.78, 5) is 11.8. The molecule has 0 saturated heterocycles. The molecule has 0 spiro atoms. The zero-order valence-electron chi connectivity index (χ0n) is 14.4. The summed E-state index contributed by atoms with van der Waals surface area (Å²) in [5.41, 5.74) is -0.416. The first kappa shape index (κ1) is 16.1. The highest BCUT2D eigenvalue weighted by molar-refractivity contribution is 5.67. The molecule has 3 aliphatic carbocycles. The Balaban J connectivity index is 1.45. The van der Waals surface area contributed by atoms with Gasteiger partial charge in [0.05, 0.1) is 0 Å². The van der Waals surface area contributed by atoms with Crippen LogP contribution in [0.25, 0.3) is 0 Å². The fourth-order valence-electron chi connectivity index (χ4n) is 3.84. The van der Waals surface area contributed by atoms with E-state index < -0.39 is 5.60 Å². The zero-order valence-corrected chi connectivity index (χ0v) is 14.4. The van der Waals surface area contributed by atoms with Crippen LogP contribution in [0.3, 0.4) is 0 Å². The third-order valence-electron chi connectivity index (χ3n) is 5.23. The van der Waals surface area contributed by atoms with Crippen molar-refractivity contribution in [3.8, 4) is 0 Å². The maximum atomic E-state index is 11.8. The van der Waals surface area contributed by atoms with Crippen LogP contribution in [0.5, 0.6) is 0 Å². The van der Waals surface area contributed by atoms with Crippen LogP contribution in [0.15, 0.2) is 0 Å². The number of carbonyl (C=O) groups excluding carboxylic acids is 1. The molecule has 3 rings (SSSR count). The summed E-state index contributed by atoms with van der Waals surface area (Å²) in [5.74, 6) is 2.44. The van der Waals surface area contributed by atoms with E-state index in [-0.39, 0.29) is 6.09 Å². The second-order valence-corrected chi connectivity index (χ2v) is 8.55. The third-order valence-corrected chi connectivity index (χ3v) is 5.23. The molecule has 4 nitrogen and oxygen atoms in total. The van der Waals surface area contributed by atoms with Crippen LogP contribution in [-0.2, 0) is 4.74 Å². The Hall–Kier alpha value is -0.770. The first-order chi connectivity index (χ1) is 10.4. The van der Waals surface area contributed by atoms with Gasteiger partial charge in [0.25, 0.3) is 0 Å². The van der Waals surface area contributed by atoms with Gasteiger partial charge in [-0.2, -0.15) is 0 Å². The number of nitrogens with one attached hydrogen (secondary N) is 2. The molecule has 3 aliphatic rings. The minimum Gasteiger partial charge on any atom is -0.444 e. The normalized spacial score (nSPS) is 28.9. The van der Waals surface area contributed by atoms with Crippen molar-refractivity contribution in [1.82, 2.24) is 10.6 Å². The second kappa shape index (κ2) is 6.38. The van der Waals surface area contributed by atoms with Gasteiger partial charge in [-0.3, -0.25) is 0 Å². The standard InChI is InChI=1S/C18H32N2O2/c1-18(2,3)22-17(21)19-11-14-5-4-6-15(14)20-16(12-7-8-12)13-9-10-13/h12-16,20H,4-11H2,1-3H3,(H,19,21). The molecule has 3 saturated carbocycles. The first-order valence-electron chi connectivity index (χ1n) is 9.15. The van der Waals surface area contributed by atoms with E-state index in [0.717, 1.165) is 24.4 Å². The van der Waals surface area contributed by atoms with E-state index in [4.69, 9.17) is 4.74 Å². The maximum absolute atomic E-state index is 11.8. The molecular weight excluding hydrogens is 276 g/mol. The van der Waals surface area contributed by atoms with Gasteiger partial charge >= 0.3 is 6.09 Å². The second-order valence-electron chi connectivity index (χ2n) is 8.55. The number of hydrogen-bond acceptors (Lipinski definition) is 3. The summed E-state index contributed by atoms with van der Waals surface area (Å²) in [6, 6.07) is 1.34. The Morgan fingerprint density at radius 2 is 1.73 bits per heavy atom. The lowest BCUT2D eigenvalue weighted by Crippen LogP contribution is -2.46. The van der Waals surface area contributed by atoms with Crippen LogP contribution in [0, 0.1) is 17.8 Å². The monoisotopic (exact) mass is 308 g/mol. The Morgan fingerprint density at radius 3 is 2.27 bits per heavy atom. The highest BCUT2D eigenvalue weighted by atomic mass is 16.6. The van der Waals surface area contributed by atoms with Gasteiger partial charge in [-0.15, -0.1) is 0 Å². The molecule has 0 aromatic carbocycles. The lowest BCUT2D eigenvalue weighted by Gasteiger charge is -2.28. The molecule has 4 heteroatoms. The number of amides is 1. The van der Waals surface area contributed by atoms with E-state index in [1.807, 2.05) is 20.8 Å². The summed E-state index contributed by atoms with van der Waals surface area (Å²) in [6.07, 6.45) is 9.15. The van der Waals surface area contributed by atoms with Crippen molar-refractivity contribution in [2.45, 2.75) is 83.4 Å². The van der Waals surface area contributed by atoms with E-state index >= 15 is 0 Å². The van der Waals surface area contributed by atoms with Crippen LogP contribution in [0.4, 0.5) is 4.79 Å². The van der Waals surface area contributed by atoms with Gasteiger partial charge < -0.3 is 15.4 Å². The minimum absolute atomic E-state index is 0.279. The van der Waals surface area contributed by atoms with Gasteiger partial charge in [0.1, 0.15) is 5.60 Å². The molecule has 3 fully saturated rings. The van der Waals surface area contributed by atoms with E-state index in [9.17, 15) is 4.79 Å². The predicted octanol–water partition coefficient (Wildman–Crippen LogP) is 3.46. The van der Waals surface area contributed by atoms with Crippen molar-refractivity contribution < 1.29 is 9.53 Å². The minimum atomic E-state index is -0.416. The van der Waals surface area contributed by atoms with Crippen molar-refractivity contribution in [1.29, 1.82) is 0 Å². The molecule has 0 aromatic rings. The van der Waals surface area contributed by atoms with Gasteiger partial charge in [0, 0.05) is 18.6 Å². The topological polar surface area (TPSA) is 50.4 Å². The first-order valence-corrected chi connectivity index (χ1v) is 9.15. The van der Waals surface area contributed by atoms with Crippen molar-refractivity contribution in [3.05, 3.63) is 0 Å². The fourth-order valence-corrected chi connectivity index (χ4v) is 3.84. The number of carbonyl (C=O) groups is 1. The number of rotatable bonds is 6. The van der Waals surface area contributed by atoms with E-state index in [1.165, 1.54) is 44.9 Å². The summed E-state index contributed by atoms with van der Waals surface area (Å²) >= 11 is 0. The van der Waals surface area contributed by atoms with Crippen molar-refractivity contribution in [2.75, 3.05) is 6.54 Å². The summed E-state index contributed by atoms with van der Waals surface area (Å²) in [7, 11) is 0. The van der Waals surface area contributed by atoms with Crippen LogP contribution >= 0.6 is 0 Å². The molecule has 22 heavy (non-hydrogen) atoms. The molecule has 2 N–H and O–H groups in total. The van der Waals surface area contributed by atoms with Crippen LogP contribution in [-0.4, -0.2) is 30.3 Å². The number of alkyl carbamates (subject to hydrolysis) is 1. The molecule has 0 aromatic heterocycles. The Kier molecular flexibility index (Phi) is 4.67. The van der Waals surface area contributed by atoms with Gasteiger partial charge in [0.15, 0.2) is 0 Å². The zero-order chi connectivity index (χ0) is 15.7. The third kappa shape index (κ3) is 4.61. The molecule has 126 valence electrons. The van der Waals surface area contributed by atoms with Gasteiger partial charge in [0.2, 0.25) is 0 Å². The quantitative estimate of drug-likeness (QED) is 0.790. The van der Waals surface area contributed by atoms with Crippen molar-refractivity contribution >= 4 is 6.09 Å². The van der Waals surface area contributed by atoms with Crippen LogP contribution in [0.2, 0.25) is 0 Å². The van der Waals surface area contributed by atoms with Gasteiger partial charge in [-0.1, -0.05) is 6.42 Å². The Bertz CT molecular complexity index is 384. The van der Waals surface area contributed by atoms with E-state index in [0.29, 0.717) is 12.0 Å². The molecule has 0 radical (unpaired) electrons. The Labute approximate surface area is 134 Å². The molecule has 0 bridgehead atoms. The summed E-state index contributed by atoms with van der Waals surface area (Å²) in [5, 5.41) is 6.94. The van der Waals surface area contributed by atoms with Crippen LogP contribution in [0.1, 0.15) is 65.7 Å². The van der Waals surface area contributed by atoms with Crippen molar-refractivity contribution in [2.24, 2.45) is 17.8 Å². The summed E-state index contributed by atoms with van der Waals surface area (Å²) in [6.45, 7) is 6.46.